The van der Waals surface area contributed by atoms with E-state index in [-0.39, 0.29) is 24.3 Å². The lowest BCUT2D eigenvalue weighted by molar-refractivity contribution is 0.0940. The van der Waals surface area contributed by atoms with Crippen LogP contribution in [0.3, 0.4) is 0 Å². The lowest BCUT2D eigenvalue weighted by Gasteiger charge is -2.12. The Kier molecular flexibility index (Phi) is 5.11. The van der Waals surface area contributed by atoms with Crippen LogP contribution in [0.15, 0.2) is 12.1 Å². The summed E-state index contributed by atoms with van der Waals surface area (Å²) in [5.74, 6) is -0.0317. The van der Waals surface area contributed by atoms with Crippen molar-refractivity contribution in [2.75, 3.05) is 0 Å². The molecule has 1 amide bonds. The summed E-state index contributed by atoms with van der Waals surface area (Å²) < 4.78 is 0. The van der Waals surface area contributed by atoms with Gasteiger partial charge in [0.15, 0.2) is 0 Å². The number of nitrogens with zero attached hydrogens (tertiary/aromatic N) is 2. The summed E-state index contributed by atoms with van der Waals surface area (Å²) in [5, 5.41) is 11.6. The van der Waals surface area contributed by atoms with Crippen LogP contribution in [0.1, 0.15) is 49.2 Å². The van der Waals surface area contributed by atoms with Crippen molar-refractivity contribution in [1.29, 1.82) is 5.26 Å². The molecular formula is C13H16ClN3O. The predicted molar refractivity (Wildman–Crippen MR) is 70.5 cm³/mol. The van der Waals surface area contributed by atoms with E-state index in [2.05, 4.69) is 10.3 Å². The van der Waals surface area contributed by atoms with Crippen molar-refractivity contribution in [3.63, 3.8) is 0 Å². The molecule has 0 aromatic carbocycles. The first kappa shape index (κ1) is 14.5. The third-order valence-corrected chi connectivity index (χ3v) is 2.64. The van der Waals surface area contributed by atoms with Gasteiger partial charge in [-0.1, -0.05) is 25.4 Å². The maximum Gasteiger partial charge on any atom is 0.251 e. The Morgan fingerprint density at radius 2 is 2.17 bits per heavy atom. The molecule has 5 heteroatoms. The number of amides is 1. The third kappa shape index (κ3) is 4.01. The molecule has 96 valence electrons. The van der Waals surface area contributed by atoms with Crippen LogP contribution in [-0.4, -0.2) is 16.9 Å². The number of hydrogen-bond donors (Lipinski definition) is 1. The molecule has 0 radical (unpaired) electrons. The molecule has 0 aliphatic carbocycles. The summed E-state index contributed by atoms with van der Waals surface area (Å²) in [6, 6.07) is 5.09. The Labute approximate surface area is 112 Å². The lowest BCUT2D eigenvalue weighted by atomic mass is 10.1. The van der Waals surface area contributed by atoms with Gasteiger partial charge in [-0.25, -0.2) is 4.98 Å². The zero-order chi connectivity index (χ0) is 13.7. The Morgan fingerprint density at radius 3 is 2.72 bits per heavy atom. The van der Waals surface area contributed by atoms with Gasteiger partial charge in [0.2, 0.25) is 0 Å². The van der Waals surface area contributed by atoms with Gasteiger partial charge in [0.25, 0.3) is 5.91 Å². The average molecular weight is 266 g/mol. The van der Waals surface area contributed by atoms with E-state index < -0.39 is 0 Å². The van der Waals surface area contributed by atoms with E-state index in [9.17, 15) is 4.79 Å². The van der Waals surface area contributed by atoms with Crippen molar-refractivity contribution < 1.29 is 4.79 Å². The van der Waals surface area contributed by atoms with Gasteiger partial charge < -0.3 is 5.32 Å². The molecule has 1 aromatic rings. The smallest absolute Gasteiger partial charge is 0.251 e. The fraction of sp³-hybridized carbons (Fsp3) is 0.462. The molecule has 0 fully saturated rings. The van der Waals surface area contributed by atoms with Crippen LogP contribution in [0.25, 0.3) is 0 Å². The molecule has 1 N–H and O–H groups in total. The van der Waals surface area contributed by atoms with Crippen LogP contribution in [-0.2, 0) is 0 Å². The number of hydrogen-bond acceptors (Lipinski definition) is 3. The molecule has 1 heterocycles. The Hall–Kier alpha value is -1.60. The Balaban J connectivity index is 2.89. The minimum atomic E-state index is -0.232. The van der Waals surface area contributed by atoms with Gasteiger partial charge in [0, 0.05) is 17.3 Å². The molecular weight excluding hydrogens is 250 g/mol. The summed E-state index contributed by atoms with van der Waals surface area (Å²) in [6.45, 7) is 5.75. The van der Waals surface area contributed by atoms with Gasteiger partial charge in [-0.2, -0.15) is 5.26 Å². The van der Waals surface area contributed by atoms with Crippen LogP contribution in [0.5, 0.6) is 0 Å². The van der Waals surface area contributed by atoms with Gasteiger partial charge >= 0.3 is 0 Å². The van der Waals surface area contributed by atoms with Crippen LogP contribution < -0.4 is 5.32 Å². The van der Waals surface area contributed by atoms with Gasteiger partial charge in [0.05, 0.1) is 12.5 Å². The quantitative estimate of drug-likeness (QED) is 0.852. The predicted octanol–water partition coefficient (Wildman–Crippen LogP) is 2.89. The number of carbonyl (C=O) groups excluding carboxylic acids is 1. The molecule has 0 aliphatic rings. The second-order valence-corrected chi connectivity index (χ2v) is 4.88. The first-order valence-electron chi connectivity index (χ1n) is 5.79. The number of rotatable bonds is 4. The highest BCUT2D eigenvalue weighted by molar-refractivity contribution is 6.29. The monoisotopic (exact) mass is 265 g/mol. The molecule has 18 heavy (non-hydrogen) atoms. The van der Waals surface area contributed by atoms with E-state index in [0.29, 0.717) is 10.7 Å². The first-order chi connectivity index (χ1) is 8.43. The number of nitrogens with one attached hydrogen (secondary N) is 1. The Morgan fingerprint density at radius 1 is 1.50 bits per heavy atom. The van der Waals surface area contributed by atoms with Crippen molar-refractivity contribution in [3.8, 4) is 6.07 Å². The molecule has 1 aromatic heterocycles. The normalized spacial score (nSPS) is 12.0. The van der Waals surface area contributed by atoms with Crippen LogP contribution >= 0.6 is 11.6 Å². The molecule has 4 nitrogen and oxygen atoms in total. The van der Waals surface area contributed by atoms with Crippen molar-refractivity contribution >= 4 is 17.5 Å². The molecule has 0 spiro atoms. The summed E-state index contributed by atoms with van der Waals surface area (Å²) in [4.78, 5) is 16.1. The SMILES string of the molecule is CC(CC#N)NC(=O)c1cc(Cl)nc(C(C)C)c1. The third-order valence-electron chi connectivity index (χ3n) is 2.44. The molecule has 1 unspecified atom stereocenters. The average Bonchev–Trinajstić information content (AvgIpc) is 2.28. The van der Waals surface area contributed by atoms with E-state index in [0.717, 1.165) is 5.69 Å². The number of carbonyl (C=O) groups is 1. The van der Waals surface area contributed by atoms with Crippen molar-refractivity contribution in [2.45, 2.75) is 39.2 Å². The summed E-state index contributed by atoms with van der Waals surface area (Å²) >= 11 is 5.89. The van der Waals surface area contributed by atoms with Gasteiger partial charge in [-0.05, 0) is 25.0 Å². The van der Waals surface area contributed by atoms with E-state index in [1.165, 1.54) is 6.07 Å². The standard InChI is InChI=1S/C13H16ClN3O/c1-8(2)11-6-10(7-12(14)17-11)13(18)16-9(3)4-5-15/h6-9H,4H2,1-3H3,(H,16,18). The van der Waals surface area contributed by atoms with E-state index in [1.807, 2.05) is 19.9 Å². The maximum atomic E-state index is 12.0. The summed E-state index contributed by atoms with van der Waals surface area (Å²) in [6.07, 6.45) is 0.279. The van der Waals surface area contributed by atoms with Crippen molar-refractivity contribution in [3.05, 3.63) is 28.5 Å². The van der Waals surface area contributed by atoms with Crippen LogP contribution in [0.4, 0.5) is 0 Å². The summed E-state index contributed by atoms with van der Waals surface area (Å²) in [5.41, 5.74) is 1.25. The van der Waals surface area contributed by atoms with Gasteiger partial charge in [0.1, 0.15) is 5.15 Å². The van der Waals surface area contributed by atoms with Crippen molar-refractivity contribution in [2.24, 2.45) is 0 Å². The first-order valence-corrected chi connectivity index (χ1v) is 6.17. The maximum absolute atomic E-state index is 12.0. The minimum absolute atomic E-state index is 0.183. The highest BCUT2D eigenvalue weighted by Crippen LogP contribution is 2.17. The van der Waals surface area contributed by atoms with Gasteiger partial charge in [-0.15, -0.1) is 0 Å². The van der Waals surface area contributed by atoms with E-state index in [1.54, 1.807) is 13.0 Å². The molecule has 0 saturated carbocycles. The van der Waals surface area contributed by atoms with Crippen molar-refractivity contribution in [1.82, 2.24) is 10.3 Å². The largest absolute Gasteiger partial charge is 0.349 e. The molecule has 1 rings (SSSR count). The Bertz CT molecular complexity index is 480. The second kappa shape index (κ2) is 6.36. The van der Waals surface area contributed by atoms with E-state index in [4.69, 9.17) is 16.9 Å². The van der Waals surface area contributed by atoms with Gasteiger partial charge in [-0.3, -0.25) is 4.79 Å². The minimum Gasteiger partial charge on any atom is -0.349 e. The lowest BCUT2D eigenvalue weighted by Crippen LogP contribution is -2.32. The molecule has 0 saturated heterocycles. The van der Waals surface area contributed by atoms with E-state index >= 15 is 0 Å². The zero-order valence-electron chi connectivity index (χ0n) is 10.7. The number of halogens is 1. The summed E-state index contributed by atoms with van der Waals surface area (Å²) in [7, 11) is 0. The second-order valence-electron chi connectivity index (χ2n) is 4.49. The fourth-order valence-electron chi connectivity index (χ4n) is 1.44. The van der Waals surface area contributed by atoms with Crippen LogP contribution in [0, 0.1) is 11.3 Å². The number of nitriles is 1. The highest BCUT2D eigenvalue weighted by Gasteiger charge is 2.13. The van der Waals surface area contributed by atoms with Crippen LogP contribution in [0.2, 0.25) is 5.15 Å². The molecule has 0 bridgehead atoms. The number of pyridine rings is 1. The molecule has 1 atom stereocenters. The number of aromatic nitrogens is 1. The topological polar surface area (TPSA) is 65.8 Å². The highest BCUT2D eigenvalue weighted by atomic mass is 35.5. The molecule has 0 aliphatic heterocycles. The fourth-order valence-corrected chi connectivity index (χ4v) is 1.65. The zero-order valence-corrected chi connectivity index (χ0v) is 11.5.